The van der Waals surface area contributed by atoms with Crippen molar-refractivity contribution in [3.63, 3.8) is 0 Å². The molecule has 0 aromatic heterocycles. The normalized spacial score (nSPS) is 20.3. The lowest BCUT2D eigenvalue weighted by atomic mass is 9.89. The third-order valence-electron chi connectivity index (χ3n) is 3.48. The number of aryl methyl sites for hydroxylation is 1. The van der Waals surface area contributed by atoms with Crippen LogP contribution in [0.25, 0.3) is 0 Å². The molecule has 17 heavy (non-hydrogen) atoms. The van der Waals surface area contributed by atoms with Gasteiger partial charge in [0.25, 0.3) is 0 Å². The largest absolute Gasteiger partial charge is 0.495 e. The van der Waals surface area contributed by atoms with Crippen LogP contribution < -0.4 is 10.1 Å². The van der Waals surface area contributed by atoms with Crippen LogP contribution in [-0.2, 0) is 6.42 Å². The predicted molar refractivity (Wildman–Crippen MR) is 74.9 cm³/mol. The summed E-state index contributed by atoms with van der Waals surface area (Å²) in [6, 6.07) is 4.47. The van der Waals surface area contributed by atoms with Gasteiger partial charge >= 0.3 is 0 Å². The Labute approximate surface area is 112 Å². The fourth-order valence-electron chi connectivity index (χ4n) is 2.51. The number of benzene rings is 1. The summed E-state index contributed by atoms with van der Waals surface area (Å²) >= 11 is 3.62. The number of methoxy groups -OCH3 is 1. The molecule has 3 heteroatoms. The minimum absolute atomic E-state index is 0.585. The molecule has 0 bridgehead atoms. The summed E-state index contributed by atoms with van der Waals surface area (Å²) in [7, 11) is 1.76. The van der Waals surface area contributed by atoms with Gasteiger partial charge in [-0.25, -0.2) is 0 Å². The van der Waals surface area contributed by atoms with Gasteiger partial charge in [0.2, 0.25) is 0 Å². The van der Waals surface area contributed by atoms with Gasteiger partial charge in [-0.1, -0.05) is 13.0 Å². The van der Waals surface area contributed by atoms with Crippen LogP contribution in [0.2, 0.25) is 0 Å². The standard InChI is InChI=1S/C14H20BrNO/c1-3-10-7-12(11-5-4-6-16-9-11)14(17-2)13(15)8-10/h7-8,11,16H,3-6,9H2,1-2H3. The van der Waals surface area contributed by atoms with E-state index in [1.54, 1.807) is 7.11 Å². The molecule has 94 valence electrons. The molecule has 1 unspecified atom stereocenters. The van der Waals surface area contributed by atoms with Crippen molar-refractivity contribution in [3.05, 3.63) is 27.7 Å². The third kappa shape index (κ3) is 2.83. The van der Waals surface area contributed by atoms with Crippen molar-refractivity contribution >= 4 is 15.9 Å². The molecule has 0 spiro atoms. The van der Waals surface area contributed by atoms with Crippen LogP contribution in [0.4, 0.5) is 0 Å². The van der Waals surface area contributed by atoms with Crippen LogP contribution in [0.3, 0.4) is 0 Å². The first-order valence-electron chi connectivity index (χ1n) is 6.33. The molecular weight excluding hydrogens is 278 g/mol. The van der Waals surface area contributed by atoms with Gasteiger partial charge in [0, 0.05) is 12.5 Å². The van der Waals surface area contributed by atoms with Crippen LogP contribution >= 0.6 is 15.9 Å². The number of nitrogens with one attached hydrogen (secondary N) is 1. The van der Waals surface area contributed by atoms with E-state index in [-0.39, 0.29) is 0 Å². The van der Waals surface area contributed by atoms with Crippen molar-refractivity contribution in [1.29, 1.82) is 0 Å². The lowest BCUT2D eigenvalue weighted by molar-refractivity contribution is 0.389. The molecule has 1 aromatic carbocycles. The van der Waals surface area contributed by atoms with Crippen LogP contribution in [-0.4, -0.2) is 20.2 Å². The first kappa shape index (κ1) is 12.9. The predicted octanol–water partition coefficient (Wildman–Crippen LogP) is 3.49. The van der Waals surface area contributed by atoms with Crippen molar-refractivity contribution < 1.29 is 4.74 Å². The molecule has 1 aliphatic heterocycles. The van der Waals surface area contributed by atoms with Crippen molar-refractivity contribution in [3.8, 4) is 5.75 Å². The summed E-state index contributed by atoms with van der Waals surface area (Å²) < 4.78 is 6.64. The Hall–Kier alpha value is -0.540. The summed E-state index contributed by atoms with van der Waals surface area (Å²) in [6.45, 7) is 4.40. The monoisotopic (exact) mass is 297 g/mol. The first-order chi connectivity index (χ1) is 8.26. The smallest absolute Gasteiger partial charge is 0.136 e. The summed E-state index contributed by atoms with van der Waals surface area (Å²) in [5.74, 6) is 1.59. The molecule has 1 N–H and O–H groups in total. The second-order valence-electron chi connectivity index (χ2n) is 4.60. The van der Waals surface area contributed by atoms with Gasteiger partial charge in [-0.15, -0.1) is 0 Å². The fourth-order valence-corrected chi connectivity index (χ4v) is 3.20. The van der Waals surface area contributed by atoms with Crippen LogP contribution in [0.1, 0.15) is 36.8 Å². The number of halogens is 1. The fraction of sp³-hybridized carbons (Fsp3) is 0.571. The van der Waals surface area contributed by atoms with Gasteiger partial charge in [-0.2, -0.15) is 0 Å². The quantitative estimate of drug-likeness (QED) is 0.922. The molecule has 1 saturated heterocycles. The van der Waals surface area contributed by atoms with Crippen molar-refractivity contribution in [2.24, 2.45) is 0 Å². The molecule has 0 radical (unpaired) electrons. The zero-order valence-electron chi connectivity index (χ0n) is 10.6. The van der Waals surface area contributed by atoms with Crippen molar-refractivity contribution in [1.82, 2.24) is 5.32 Å². The highest BCUT2D eigenvalue weighted by atomic mass is 79.9. The van der Waals surface area contributed by atoms with E-state index in [9.17, 15) is 0 Å². The number of hydrogen-bond donors (Lipinski definition) is 1. The van der Waals surface area contributed by atoms with E-state index in [1.807, 2.05) is 0 Å². The Morgan fingerprint density at radius 3 is 2.88 bits per heavy atom. The van der Waals surface area contributed by atoms with Crippen molar-refractivity contribution in [2.45, 2.75) is 32.1 Å². The molecule has 2 rings (SSSR count). The minimum atomic E-state index is 0.585. The Morgan fingerprint density at radius 1 is 1.47 bits per heavy atom. The van der Waals surface area contributed by atoms with Crippen LogP contribution in [0.15, 0.2) is 16.6 Å². The van der Waals surface area contributed by atoms with Gasteiger partial charge in [0.1, 0.15) is 5.75 Å². The minimum Gasteiger partial charge on any atom is -0.495 e. The zero-order chi connectivity index (χ0) is 12.3. The summed E-state index contributed by atoms with van der Waals surface area (Å²) in [6.07, 6.45) is 3.57. The molecule has 2 nitrogen and oxygen atoms in total. The van der Waals surface area contributed by atoms with Gasteiger partial charge in [-0.05, 0) is 58.9 Å². The maximum Gasteiger partial charge on any atom is 0.136 e. The highest BCUT2D eigenvalue weighted by molar-refractivity contribution is 9.10. The van der Waals surface area contributed by atoms with E-state index in [0.29, 0.717) is 5.92 Å². The molecule has 1 aromatic rings. The summed E-state index contributed by atoms with van der Waals surface area (Å²) in [4.78, 5) is 0. The second-order valence-corrected chi connectivity index (χ2v) is 5.45. The van der Waals surface area contributed by atoms with Gasteiger partial charge in [0.15, 0.2) is 0 Å². The number of hydrogen-bond acceptors (Lipinski definition) is 2. The molecule has 1 fully saturated rings. The van der Waals surface area contributed by atoms with E-state index in [1.165, 1.54) is 24.0 Å². The van der Waals surface area contributed by atoms with Gasteiger partial charge in [-0.3, -0.25) is 0 Å². The number of piperidine rings is 1. The zero-order valence-corrected chi connectivity index (χ0v) is 12.1. The van der Waals surface area contributed by atoms with E-state index >= 15 is 0 Å². The molecule has 1 aliphatic rings. The Morgan fingerprint density at radius 2 is 2.29 bits per heavy atom. The van der Waals surface area contributed by atoms with Crippen LogP contribution in [0, 0.1) is 0 Å². The first-order valence-corrected chi connectivity index (χ1v) is 7.12. The Kier molecular flexibility index (Phi) is 4.46. The summed E-state index contributed by atoms with van der Waals surface area (Å²) in [5.41, 5.74) is 2.73. The third-order valence-corrected chi connectivity index (χ3v) is 4.07. The number of ether oxygens (including phenoxy) is 1. The van der Waals surface area contributed by atoms with Crippen molar-refractivity contribution in [2.75, 3.05) is 20.2 Å². The molecule has 0 amide bonds. The molecule has 1 atom stereocenters. The molecule has 0 saturated carbocycles. The highest BCUT2D eigenvalue weighted by Gasteiger charge is 2.21. The Bertz CT molecular complexity index is 386. The molecule has 0 aliphatic carbocycles. The Balaban J connectivity index is 2.38. The summed E-state index contributed by atoms with van der Waals surface area (Å²) in [5, 5.41) is 3.47. The van der Waals surface area contributed by atoms with Gasteiger partial charge in [0.05, 0.1) is 11.6 Å². The lowest BCUT2D eigenvalue weighted by Gasteiger charge is -2.25. The number of rotatable bonds is 3. The average Bonchev–Trinajstić information content (AvgIpc) is 2.38. The molecular formula is C14H20BrNO. The maximum absolute atomic E-state index is 5.55. The average molecular weight is 298 g/mol. The lowest BCUT2D eigenvalue weighted by Crippen LogP contribution is -2.28. The SMILES string of the molecule is CCc1cc(Br)c(OC)c(C2CCCNC2)c1. The van der Waals surface area contributed by atoms with E-state index < -0.39 is 0 Å². The second kappa shape index (κ2) is 5.87. The van der Waals surface area contributed by atoms with E-state index in [4.69, 9.17) is 4.74 Å². The van der Waals surface area contributed by atoms with Crippen LogP contribution in [0.5, 0.6) is 5.75 Å². The molecule has 1 heterocycles. The highest BCUT2D eigenvalue weighted by Crippen LogP contribution is 2.37. The van der Waals surface area contributed by atoms with Gasteiger partial charge < -0.3 is 10.1 Å². The van der Waals surface area contributed by atoms with E-state index in [0.717, 1.165) is 29.7 Å². The topological polar surface area (TPSA) is 21.3 Å². The maximum atomic E-state index is 5.55. The van der Waals surface area contributed by atoms with E-state index in [2.05, 4.69) is 40.3 Å².